The smallest absolute Gasteiger partial charge is 0.294 e. The molecule has 0 unspecified atom stereocenters. The topological polar surface area (TPSA) is 42.9 Å². The molecule has 1 heterocycles. The van der Waals surface area contributed by atoms with Crippen molar-refractivity contribution < 1.29 is 18.0 Å². The highest BCUT2D eigenvalue weighted by molar-refractivity contribution is 5.81. The van der Waals surface area contributed by atoms with E-state index in [0.717, 1.165) is 12.1 Å². The van der Waals surface area contributed by atoms with Crippen LogP contribution in [0.4, 0.5) is 13.2 Å². The van der Waals surface area contributed by atoms with Gasteiger partial charge >= 0.3 is 6.18 Å². The Labute approximate surface area is 87.9 Å². The molecule has 82 valence electrons. The molecule has 0 spiro atoms. The highest BCUT2D eigenvalue weighted by Gasteiger charge is 2.30. The third-order valence-electron chi connectivity index (χ3n) is 2.03. The van der Waals surface area contributed by atoms with Gasteiger partial charge in [0.25, 0.3) is 0 Å². The average molecular weight is 226 g/mol. The van der Waals surface area contributed by atoms with Gasteiger partial charge in [0.1, 0.15) is 0 Å². The summed E-state index contributed by atoms with van der Waals surface area (Å²) in [5, 5.41) is 0.457. The Morgan fingerprint density at radius 3 is 2.62 bits per heavy atom. The van der Waals surface area contributed by atoms with E-state index in [4.69, 9.17) is 0 Å². The van der Waals surface area contributed by atoms with E-state index in [1.807, 2.05) is 0 Å². The summed E-state index contributed by atoms with van der Waals surface area (Å²) < 4.78 is 37.2. The molecule has 16 heavy (non-hydrogen) atoms. The molecule has 0 aliphatic carbocycles. The summed E-state index contributed by atoms with van der Waals surface area (Å²) in [6, 6.07) is 3.11. The zero-order valence-electron chi connectivity index (χ0n) is 7.82. The number of alkyl halides is 3. The minimum absolute atomic E-state index is 0.104. The van der Waals surface area contributed by atoms with Gasteiger partial charge in [0.2, 0.25) is 0 Å². The van der Waals surface area contributed by atoms with Gasteiger partial charge in [-0.25, -0.2) is 9.97 Å². The zero-order chi connectivity index (χ0) is 11.8. The van der Waals surface area contributed by atoms with E-state index in [1.165, 1.54) is 12.3 Å². The fourth-order valence-corrected chi connectivity index (χ4v) is 1.27. The van der Waals surface area contributed by atoms with E-state index >= 15 is 0 Å². The number of halogens is 3. The number of hydrogen-bond donors (Lipinski definition) is 0. The van der Waals surface area contributed by atoms with Crippen LogP contribution in [-0.4, -0.2) is 16.3 Å². The number of carbonyl (C=O) groups is 1. The number of fused-ring (bicyclic) bond motifs is 1. The summed E-state index contributed by atoms with van der Waals surface area (Å²) in [4.78, 5) is 17.7. The van der Waals surface area contributed by atoms with Crippen LogP contribution in [0.25, 0.3) is 10.9 Å². The van der Waals surface area contributed by atoms with Gasteiger partial charge in [-0.2, -0.15) is 13.2 Å². The number of rotatable bonds is 1. The maximum absolute atomic E-state index is 12.4. The van der Waals surface area contributed by atoms with Crippen LogP contribution in [0.3, 0.4) is 0 Å². The molecule has 0 fully saturated rings. The third kappa shape index (κ3) is 1.86. The van der Waals surface area contributed by atoms with Crippen LogP contribution in [0.15, 0.2) is 24.4 Å². The Morgan fingerprint density at radius 1 is 1.25 bits per heavy atom. The fourth-order valence-electron chi connectivity index (χ4n) is 1.27. The summed E-state index contributed by atoms with van der Waals surface area (Å²) in [6.45, 7) is 0. The van der Waals surface area contributed by atoms with Gasteiger partial charge in [-0.1, -0.05) is 6.07 Å². The Balaban J connectivity index is 2.64. The quantitative estimate of drug-likeness (QED) is 0.701. The maximum atomic E-state index is 12.4. The molecule has 3 nitrogen and oxygen atoms in total. The lowest BCUT2D eigenvalue weighted by molar-refractivity contribution is -0.137. The van der Waals surface area contributed by atoms with Crippen molar-refractivity contribution in [3.63, 3.8) is 0 Å². The molecule has 0 amide bonds. The SMILES string of the molecule is O=Cc1ncc2ccc(C(F)(F)F)cc2n1. The predicted octanol–water partition coefficient (Wildman–Crippen LogP) is 2.46. The van der Waals surface area contributed by atoms with Crippen molar-refractivity contribution in [3.05, 3.63) is 35.8 Å². The van der Waals surface area contributed by atoms with Crippen molar-refractivity contribution in [1.82, 2.24) is 9.97 Å². The van der Waals surface area contributed by atoms with Crippen LogP contribution in [0.2, 0.25) is 0 Å². The molecule has 0 bridgehead atoms. The van der Waals surface area contributed by atoms with Crippen molar-refractivity contribution in [2.24, 2.45) is 0 Å². The molecule has 0 atom stereocenters. The lowest BCUT2D eigenvalue weighted by Crippen LogP contribution is -2.05. The second-order valence-corrected chi connectivity index (χ2v) is 3.12. The highest BCUT2D eigenvalue weighted by atomic mass is 19.4. The molecule has 0 radical (unpaired) electrons. The standard InChI is InChI=1S/C10H5F3N2O/c11-10(12,13)7-2-1-6-4-14-9(5-16)15-8(6)3-7/h1-5H. The minimum atomic E-state index is -4.42. The van der Waals surface area contributed by atoms with Gasteiger partial charge in [0, 0.05) is 11.6 Å². The van der Waals surface area contributed by atoms with Crippen molar-refractivity contribution in [1.29, 1.82) is 0 Å². The van der Waals surface area contributed by atoms with Gasteiger partial charge in [-0.05, 0) is 12.1 Å². The molecule has 0 aliphatic rings. The Hall–Kier alpha value is -1.98. The van der Waals surface area contributed by atoms with E-state index in [-0.39, 0.29) is 11.3 Å². The summed E-state index contributed by atoms with van der Waals surface area (Å²) in [5.74, 6) is -0.133. The van der Waals surface area contributed by atoms with Gasteiger partial charge in [0.05, 0.1) is 11.1 Å². The zero-order valence-corrected chi connectivity index (χ0v) is 7.82. The number of hydrogen-bond acceptors (Lipinski definition) is 3. The fraction of sp³-hybridized carbons (Fsp3) is 0.100. The second-order valence-electron chi connectivity index (χ2n) is 3.12. The molecule has 1 aromatic heterocycles. The van der Waals surface area contributed by atoms with Gasteiger partial charge in [-0.3, -0.25) is 4.79 Å². The van der Waals surface area contributed by atoms with Crippen LogP contribution in [-0.2, 0) is 6.18 Å². The number of nitrogens with zero attached hydrogens (tertiary/aromatic N) is 2. The van der Waals surface area contributed by atoms with E-state index in [0.29, 0.717) is 11.7 Å². The average Bonchev–Trinajstić information content (AvgIpc) is 2.26. The van der Waals surface area contributed by atoms with Crippen LogP contribution >= 0.6 is 0 Å². The minimum Gasteiger partial charge on any atom is -0.294 e. The van der Waals surface area contributed by atoms with E-state index in [1.54, 1.807) is 0 Å². The lowest BCUT2D eigenvalue weighted by Gasteiger charge is -2.06. The number of aromatic nitrogens is 2. The normalized spacial score (nSPS) is 11.7. The van der Waals surface area contributed by atoms with Crippen molar-refractivity contribution in [3.8, 4) is 0 Å². The molecule has 0 saturated heterocycles. The summed E-state index contributed by atoms with van der Waals surface area (Å²) in [5.41, 5.74) is -0.692. The largest absolute Gasteiger partial charge is 0.416 e. The van der Waals surface area contributed by atoms with Gasteiger partial charge in [0.15, 0.2) is 12.1 Å². The van der Waals surface area contributed by atoms with E-state index < -0.39 is 11.7 Å². The summed E-state index contributed by atoms with van der Waals surface area (Å²) in [7, 11) is 0. The van der Waals surface area contributed by atoms with Gasteiger partial charge < -0.3 is 0 Å². The lowest BCUT2D eigenvalue weighted by atomic mass is 10.1. The second kappa shape index (κ2) is 3.55. The van der Waals surface area contributed by atoms with Gasteiger partial charge in [-0.15, -0.1) is 0 Å². The molecule has 0 N–H and O–H groups in total. The third-order valence-corrected chi connectivity index (χ3v) is 2.03. The first kappa shape index (κ1) is 10.5. The first-order chi connectivity index (χ1) is 7.50. The molecule has 1 aromatic carbocycles. The van der Waals surface area contributed by atoms with Crippen LogP contribution in [0.5, 0.6) is 0 Å². The summed E-state index contributed by atoms with van der Waals surface area (Å²) in [6.07, 6.45) is -2.72. The predicted molar refractivity (Wildman–Crippen MR) is 49.9 cm³/mol. The van der Waals surface area contributed by atoms with Crippen molar-refractivity contribution in [2.75, 3.05) is 0 Å². The van der Waals surface area contributed by atoms with Crippen LogP contribution in [0.1, 0.15) is 16.2 Å². The molecule has 6 heteroatoms. The van der Waals surface area contributed by atoms with Crippen LogP contribution in [0, 0.1) is 0 Å². The number of carbonyl (C=O) groups excluding carboxylic acids is 1. The summed E-state index contributed by atoms with van der Waals surface area (Å²) >= 11 is 0. The maximum Gasteiger partial charge on any atom is 0.416 e. The molecule has 2 rings (SSSR count). The first-order valence-corrected chi connectivity index (χ1v) is 4.30. The highest BCUT2D eigenvalue weighted by Crippen LogP contribution is 2.30. The first-order valence-electron chi connectivity index (χ1n) is 4.30. The molecule has 0 saturated carbocycles. The van der Waals surface area contributed by atoms with Crippen LogP contribution < -0.4 is 0 Å². The van der Waals surface area contributed by atoms with Crippen molar-refractivity contribution in [2.45, 2.75) is 6.18 Å². The van der Waals surface area contributed by atoms with Crippen molar-refractivity contribution >= 4 is 17.2 Å². The number of aldehydes is 1. The monoisotopic (exact) mass is 226 g/mol. The van der Waals surface area contributed by atoms with E-state index in [9.17, 15) is 18.0 Å². The number of benzene rings is 1. The van der Waals surface area contributed by atoms with E-state index in [2.05, 4.69) is 9.97 Å². The molecular formula is C10H5F3N2O. The molecule has 0 aliphatic heterocycles. The Kier molecular flexibility index (Phi) is 2.34. The Morgan fingerprint density at radius 2 is 2.00 bits per heavy atom. The molecular weight excluding hydrogens is 221 g/mol. The molecule has 2 aromatic rings. The Bertz CT molecular complexity index is 551.